The van der Waals surface area contributed by atoms with E-state index in [-0.39, 0.29) is 4.90 Å². The summed E-state index contributed by atoms with van der Waals surface area (Å²) in [7, 11) is -1.03. The number of nitrogens with zero attached hydrogens (tertiary/aromatic N) is 2. The summed E-state index contributed by atoms with van der Waals surface area (Å²) in [4.78, 5) is 12.1. The number of likely N-dealkylation sites (N-methyl/N-ethyl adjacent to an activating group) is 1. The zero-order valence-corrected chi connectivity index (χ0v) is 17.8. The maximum Gasteiger partial charge on any atom is 0.255 e. The summed E-state index contributed by atoms with van der Waals surface area (Å²) in [6.45, 7) is 1.33. The van der Waals surface area contributed by atoms with Crippen LogP contribution in [0.4, 0.5) is 0 Å². The van der Waals surface area contributed by atoms with Crippen molar-refractivity contribution in [2.24, 2.45) is 5.10 Å². The van der Waals surface area contributed by atoms with E-state index in [1.54, 1.807) is 31.2 Å². The second-order valence-electron chi connectivity index (χ2n) is 5.83. The molecule has 2 rings (SSSR count). The Hall–Kier alpha value is -2.13. The summed E-state index contributed by atoms with van der Waals surface area (Å²) in [6, 6.07) is 9.47. The molecule has 0 unspecified atom stereocenters. The highest BCUT2D eigenvalue weighted by Gasteiger charge is 2.23. The molecule has 2 aromatic carbocycles. The maximum absolute atomic E-state index is 12.6. The average molecular weight is 444 g/mol. The van der Waals surface area contributed by atoms with Crippen LogP contribution in [0.3, 0.4) is 0 Å². The van der Waals surface area contributed by atoms with E-state index in [1.165, 1.54) is 32.5 Å². The molecule has 28 heavy (non-hydrogen) atoms. The van der Waals surface area contributed by atoms with Crippen LogP contribution >= 0.6 is 23.2 Å². The Bertz CT molecular complexity index is 1010. The second-order valence-corrected chi connectivity index (χ2v) is 8.66. The van der Waals surface area contributed by atoms with Crippen LogP contribution in [-0.2, 0) is 14.8 Å². The van der Waals surface area contributed by atoms with Crippen molar-refractivity contribution >= 4 is 45.3 Å². The molecule has 1 amide bonds. The molecule has 0 bridgehead atoms. The molecule has 7 nitrogen and oxygen atoms in total. The molecule has 0 atom stereocenters. The number of amides is 1. The number of sulfonamides is 1. The predicted molar refractivity (Wildman–Crippen MR) is 110 cm³/mol. The number of aryl methyl sites for hydroxylation is 1. The highest BCUT2D eigenvalue weighted by Crippen LogP contribution is 2.24. The molecular formula is C18H19Cl2N3O4S. The Morgan fingerprint density at radius 3 is 2.64 bits per heavy atom. The lowest BCUT2D eigenvalue weighted by Gasteiger charge is -2.17. The average Bonchev–Trinajstić information content (AvgIpc) is 2.65. The summed E-state index contributed by atoms with van der Waals surface area (Å²) < 4.78 is 31.3. The van der Waals surface area contributed by atoms with Crippen molar-refractivity contribution in [1.29, 1.82) is 0 Å². The highest BCUT2D eigenvalue weighted by molar-refractivity contribution is 7.89. The molecule has 0 aliphatic carbocycles. The molecule has 150 valence electrons. The van der Waals surface area contributed by atoms with Crippen LogP contribution in [0.1, 0.15) is 11.1 Å². The van der Waals surface area contributed by atoms with Gasteiger partial charge in [0.05, 0.1) is 34.8 Å². The van der Waals surface area contributed by atoms with Crippen molar-refractivity contribution in [2.45, 2.75) is 11.8 Å². The number of nitrogens with one attached hydrogen (secondary N) is 1. The van der Waals surface area contributed by atoms with Gasteiger partial charge in [0.2, 0.25) is 10.0 Å². The first-order chi connectivity index (χ1) is 13.2. The first-order valence-electron chi connectivity index (χ1n) is 8.03. The molecule has 0 aliphatic rings. The standard InChI is InChI=1S/C18H19Cl2N3O4S/c1-12-9-14(7-8-16(12)27-3)28(25,26)23(2)11-17(24)22-21-10-13-5-4-6-15(19)18(13)20/h4-10H,11H2,1-3H3,(H,22,24). The van der Waals surface area contributed by atoms with Crippen molar-refractivity contribution in [1.82, 2.24) is 9.73 Å². The third-order valence-electron chi connectivity index (χ3n) is 3.82. The van der Waals surface area contributed by atoms with E-state index in [0.29, 0.717) is 26.9 Å². The second kappa shape index (κ2) is 9.38. The van der Waals surface area contributed by atoms with Crippen LogP contribution in [0.2, 0.25) is 10.0 Å². The number of hydrazone groups is 1. The van der Waals surface area contributed by atoms with Crippen LogP contribution < -0.4 is 10.2 Å². The molecule has 0 spiro atoms. The van der Waals surface area contributed by atoms with E-state index in [4.69, 9.17) is 27.9 Å². The van der Waals surface area contributed by atoms with Crippen LogP contribution in [0.25, 0.3) is 0 Å². The lowest BCUT2D eigenvalue weighted by atomic mass is 10.2. The quantitative estimate of drug-likeness (QED) is 0.525. The van der Waals surface area contributed by atoms with E-state index < -0.39 is 22.5 Å². The van der Waals surface area contributed by atoms with Gasteiger partial charge < -0.3 is 4.74 Å². The summed E-state index contributed by atoms with van der Waals surface area (Å²) in [5, 5.41) is 4.44. The van der Waals surface area contributed by atoms with E-state index in [0.717, 1.165) is 4.31 Å². The number of hydrogen-bond acceptors (Lipinski definition) is 5. The lowest BCUT2D eigenvalue weighted by molar-refractivity contribution is -0.121. The SMILES string of the molecule is COc1ccc(S(=O)(=O)N(C)CC(=O)NN=Cc2cccc(Cl)c2Cl)cc1C. The normalized spacial score (nSPS) is 11.8. The van der Waals surface area contributed by atoms with E-state index >= 15 is 0 Å². The van der Waals surface area contributed by atoms with Crippen molar-refractivity contribution in [3.05, 3.63) is 57.6 Å². The van der Waals surface area contributed by atoms with Gasteiger partial charge in [-0.25, -0.2) is 13.8 Å². The van der Waals surface area contributed by atoms with Gasteiger partial charge in [-0.2, -0.15) is 9.41 Å². The van der Waals surface area contributed by atoms with Crippen molar-refractivity contribution < 1.29 is 17.9 Å². The molecular weight excluding hydrogens is 425 g/mol. The maximum atomic E-state index is 12.6. The zero-order chi connectivity index (χ0) is 20.9. The fourth-order valence-electron chi connectivity index (χ4n) is 2.31. The monoisotopic (exact) mass is 443 g/mol. The summed E-state index contributed by atoms with van der Waals surface area (Å²) in [5.74, 6) is -0.0286. The zero-order valence-electron chi connectivity index (χ0n) is 15.4. The van der Waals surface area contributed by atoms with E-state index in [1.807, 2.05) is 0 Å². The number of methoxy groups -OCH3 is 1. The van der Waals surface area contributed by atoms with Gasteiger partial charge in [-0.1, -0.05) is 35.3 Å². The lowest BCUT2D eigenvalue weighted by Crippen LogP contribution is -2.36. The van der Waals surface area contributed by atoms with Gasteiger partial charge in [0.15, 0.2) is 0 Å². The summed E-state index contributed by atoms with van der Waals surface area (Å²) in [5.41, 5.74) is 3.45. The van der Waals surface area contributed by atoms with Gasteiger partial charge in [-0.05, 0) is 36.8 Å². The Morgan fingerprint density at radius 1 is 1.29 bits per heavy atom. The first kappa shape index (κ1) is 22.2. The summed E-state index contributed by atoms with van der Waals surface area (Å²) in [6.07, 6.45) is 1.33. The van der Waals surface area contributed by atoms with Gasteiger partial charge in [0.25, 0.3) is 5.91 Å². The summed E-state index contributed by atoms with van der Waals surface area (Å²) >= 11 is 11.9. The van der Waals surface area contributed by atoms with Crippen molar-refractivity contribution in [3.8, 4) is 5.75 Å². The number of hydrogen-bond donors (Lipinski definition) is 1. The Labute approximate surface area is 173 Å². The minimum Gasteiger partial charge on any atom is -0.496 e. The van der Waals surface area contributed by atoms with Crippen LogP contribution in [0, 0.1) is 6.92 Å². The fraction of sp³-hybridized carbons (Fsp3) is 0.222. The van der Waals surface area contributed by atoms with Crippen molar-refractivity contribution in [2.75, 3.05) is 20.7 Å². The molecule has 0 radical (unpaired) electrons. The molecule has 0 heterocycles. The van der Waals surface area contributed by atoms with Gasteiger partial charge in [0.1, 0.15) is 5.75 Å². The molecule has 0 saturated heterocycles. The molecule has 0 saturated carbocycles. The molecule has 0 aromatic heterocycles. The number of carbonyl (C=O) groups excluding carboxylic acids is 1. The number of rotatable bonds is 7. The van der Waals surface area contributed by atoms with Crippen LogP contribution in [0.5, 0.6) is 5.75 Å². The number of halogens is 2. The van der Waals surface area contributed by atoms with Gasteiger partial charge in [-0.15, -0.1) is 0 Å². The smallest absolute Gasteiger partial charge is 0.255 e. The number of carbonyl (C=O) groups is 1. The first-order valence-corrected chi connectivity index (χ1v) is 10.2. The van der Waals surface area contributed by atoms with Gasteiger partial charge in [0, 0.05) is 12.6 Å². The predicted octanol–water partition coefficient (Wildman–Crippen LogP) is 3.08. The molecule has 10 heteroatoms. The molecule has 2 aromatic rings. The van der Waals surface area contributed by atoms with E-state index in [2.05, 4.69) is 10.5 Å². The largest absolute Gasteiger partial charge is 0.496 e. The minimum atomic E-state index is -3.84. The van der Waals surface area contributed by atoms with Crippen LogP contribution in [0.15, 0.2) is 46.4 Å². The minimum absolute atomic E-state index is 0.0651. The van der Waals surface area contributed by atoms with Crippen LogP contribution in [-0.4, -0.2) is 45.5 Å². The number of ether oxygens (including phenoxy) is 1. The van der Waals surface area contributed by atoms with Gasteiger partial charge >= 0.3 is 0 Å². The fourth-order valence-corrected chi connectivity index (χ4v) is 3.88. The molecule has 0 fully saturated rings. The third-order valence-corrected chi connectivity index (χ3v) is 6.45. The molecule has 1 N–H and O–H groups in total. The Balaban J connectivity index is 2.03. The highest BCUT2D eigenvalue weighted by atomic mass is 35.5. The third kappa shape index (κ3) is 5.23. The van der Waals surface area contributed by atoms with Crippen molar-refractivity contribution in [3.63, 3.8) is 0 Å². The Kier molecular flexibility index (Phi) is 7.42. The van der Waals surface area contributed by atoms with E-state index in [9.17, 15) is 13.2 Å². The number of benzene rings is 2. The molecule has 0 aliphatic heterocycles. The van der Waals surface area contributed by atoms with Gasteiger partial charge in [-0.3, -0.25) is 4.79 Å². The Morgan fingerprint density at radius 2 is 2.00 bits per heavy atom. The topological polar surface area (TPSA) is 88.1 Å².